The first-order chi connectivity index (χ1) is 9.13. The number of imidazole rings is 1. The van der Waals surface area contributed by atoms with Crippen LogP contribution in [-0.2, 0) is 0 Å². The molecule has 0 aliphatic heterocycles. The SMILES string of the molecule is Cc1ccn2cc(-c3ccc(C(N)=O)cc3)nc2n1. The van der Waals surface area contributed by atoms with Gasteiger partial charge in [0.2, 0.25) is 11.7 Å². The molecule has 0 fully saturated rings. The highest BCUT2D eigenvalue weighted by atomic mass is 16.1. The van der Waals surface area contributed by atoms with Gasteiger partial charge in [-0.05, 0) is 25.1 Å². The Morgan fingerprint density at radius 2 is 1.89 bits per heavy atom. The molecule has 1 amide bonds. The highest BCUT2D eigenvalue weighted by Gasteiger charge is 2.06. The Bertz CT molecular complexity index is 759. The molecule has 3 aromatic rings. The Morgan fingerprint density at radius 3 is 2.58 bits per heavy atom. The molecular formula is C14H12N4O. The molecule has 3 rings (SSSR count). The summed E-state index contributed by atoms with van der Waals surface area (Å²) in [4.78, 5) is 19.8. The van der Waals surface area contributed by atoms with Gasteiger partial charge in [0, 0.05) is 29.2 Å². The molecule has 0 spiro atoms. The molecule has 5 nitrogen and oxygen atoms in total. The van der Waals surface area contributed by atoms with Crippen molar-refractivity contribution in [2.45, 2.75) is 6.92 Å². The number of nitrogens with zero attached hydrogens (tertiary/aromatic N) is 3. The fourth-order valence-electron chi connectivity index (χ4n) is 1.90. The zero-order valence-corrected chi connectivity index (χ0v) is 10.4. The molecule has 2 aromatic heterocycles. The summed E-state index contributed by atoms with van der Waals surface area (Å²) in [5, 5.41) is 0. The molecule has 5 heteroatoms. The van der Waals surface area contributed by atoms with E-state index in [4.69, 9.17) is 5.73 Å². The lowest BCUT2D eigenvalue weighted by Crippen LogP contribution is -2.10. The number of hydrogen-bond acceptors (Lipinski definition) is 3. The Labute approximate surface area is 109 Å². The van der Waals surface area contributed by atoms with Gasteiger partial charge >= 0.3 is 0 Å². The fraction of sp³-hybridized carbons (Fsp3) is 0.0714. The number of amides is 1. The summed E-state index contributed by atoms with van der Waals surface area (Å²) in [5.41, 5.74) is 8.36. The molecule has 0 bridgehead atoms. The van der Waals surface area contributed by atoms with Gasteiger partial charge in [-0.2, -0.15) is 0 Å². The number of carbonyl (C=O) groups excluding carboxylic acids is 1. The van der Waals surface area contributed by atoms with Crippen molar-refractivity contribution >= 4 is 11.7 Å². The maximum absolute atomic E-state index is 11.0. The number of fused-ring (bicyclic) bond motifs is 1. The quantitative estimate of drug-likeness (QED) is 0.755. The molecule has 0 aliphatic rings. The van der Waals surface area contributed by atoms with Crippen molar-refractivity contribution in [3.05, 3.63) is 54.0 Å². The Kier molecular flexibility index (Phi) is 2.52. The molecule has 0 radical (unpaired) electrons. The monoisotopic (exact) mass is 252 g/mol. The number of aryl methyl sites for hydroxylation is 1. The number of carbonyl (C=O) groups is 1. The summed E-state index contributed by atoms with van der Waals surface area (Å²) >= 11 is 0. The van der Waals surface area contributed by atoms with Crippen molar-refractivity contribution in [2.75, 3.05) is 0 Å². The van der Waals surface area contributed by atoms with Gasteiger partial charge < -0.3 is 5.73 Å². The third kappa shape index (κ3) is 2.06. The average Bonchev–Trinajstić information content (AvgIpc) is 2.81. The molecule has 19 heavy (non-hydrogen) atoms. The number of nitrogens with two attached hydrogens (primary N) is 1. The van der Waals surface area contributed by atoms with Crippen LogP contribution in [0.15, 0.2) is 42.7 Å². The minimum Gasteiger partial charge on any atom is -0.366 e. The van der Waals surface area contributed by atoms with Crippen LogP contribution in [0.2, 0.25) is 0 Å². The van der Waals surface area contributed by atoms with Gasteiger partial charge in [0.25, 0.3) is 0 Å². The third-order valence-corrected chi connectivity index (χ3v) is 2.93. The van der Waals surface area contributed by atoms with Crippen LogP contribution in [0.1, 0.15) is 16.1 Å². The van der Waals surface area contributed by atoms with Crippen molar-refractivity contribution in [1.82, 2.24) is 14.4 Å². The van der Waals surface area contributed by atoms with E-state index in [0.717, 1.165) is 17.0 Å². The Hall–Kier alpha value is -2.69. The smallest absolute Gasteiger partial charge is 0.248 e. The average molecular weight is 252 g/mol. The van der Waals surface area contributed by atoms with Gasteiger partial charge in [-0.1, -0.05) is 12.1 Å². The molecule has 2 heterocycles. The summed E-state index contributed by atoms with van der Waals surface area (Å²) in [7, 11) is 0. The minimum absolute atomic E-state index is 0.432. The Morgan fingerprint density at radius 1 is 1.16 bits per heavy atom. The van der Waals surface area contributed by atoms with Crippen LogP contribution in [0.5, 0.6) is 0 Å². The number of benzene rings is 1. The van der Waals surface area contributed by atoms with Crippen LogP contribution in [0.3, 0.4) is 0 Å². The first-order valence-electron chi connectivity index (χ1n) is 5.86. The molecule has 0 aliphatic carbocycles. The predicted molar refractivity (Wildman–Crippen MR) is 71.7 cm³/mol. The molecule has 0 unspecified atom stereocenters. The van der Waals surface area contributed by atoms with Crippen LogP contribution < -0.4 is 5.73 Å². The van der Waals surface area contributed by atoms with E-state index in [0.29, 0.717) is 11.3 Å². The highest BCUT2D eigenvalue weighted by Crippen LogP contribution is 2.19. The first kappa shape index (κ1) is 11.4. The van der Waals surface area contributed by atoms with Gasteiger partial charge in [0.05, 0.1) is 5.69 Å². The molecule has 2 N–H and O–H groups in total. The molecule has 94 valence electrons. The van der Waals surface area contributed by atoms with E-state index in [1.807, 2.05) is 41.9 Å². The second-order valence-electron chi connectivity index (χ2n) is 4.34. The number of rotatable bonds is 2. The fourth-order valence-corrected chi connectivity index (χ4v) is 1.90. The largest absolute Gasteiger partial charge is 0.366 e. The Balaban J connectivity index is 2.06. The van der Waals surface area contributed by atoms with Gasteiger partial charge in [0.15, 0.2) is 0 Å². The standard InChI is InChI=1S/C14H12N4O/c1-9-6-7-18-8-12(17-14(18)16-9)10-2-4-11(5-3-10)13(15)19/h2-8H,1H3,(H2,15,19). The normalized spacial score (nSPS) is 10.8. The molecular weight excluding hydrogens is 240 g/mol. The van der Waals surface area contributed by atoms with Crippen LogP contribution in [0, 0.1) is 6.92 Å². The summed E-state index contributed by atoms with van der Waals surface area (Å²) < 4.78 is 1.87. The topological polar surface area (TPSA) is 73.3 Å². The van der Waals surface area contributed by atoms with Crippen LogP contribution >= 0.6 is 0 Å². The van der Waals surface area contributed by atoms with Crippen molar-refractivity contribution in [1.29, 1.82) is 0 Å². The lowest BCUT2D eigenvalue weighted by Gasteiger charge is -1.97. The number of aromatic nitrogens is 3. The van der Waals surface area contributed by atoms with E-state index in [1.165, 1.54) is 0 Å². The number of hydrogen-bond donors (Lipinski definition) is 1. The molecule has 0 atom stereocenters. The number of primary amides is 1. The van der Waals surface area contributed by atoms with E-state index in [2.05, 4.69) is 9.97 Å². The van der Waals surface area contributed by atoms with Crippen LogP contribution in [-0.4, -0.2) is 20.3 Å². The first-order valence-corrected chi connectivity index (χ1v) is 5.86. The highest BCUT2D eigenvalue weighted by molar-refractivity contribution is 5.93. The molecule has 0 saturated carbocycles. The summed E-state index contributed by atoms with van der Waals surface area (Å²) in [6.45, 7) is 1.93. The third-order valence-electron chi connectivity index (χ3n) is 2.93. The maximum Gasteiger partial charge on any atom is 0.248 e. The van der Waals surface area contributed by atoms with Gasteiger partial charge in [0.1, 0.15) is 0 Å². The molecule has 0 saturated heterocycles. The van der Waals surface area contributed by atoms with E-state index in [9.17, 15) is 4.79 Å². The van der Waals surface area contributed by atoms with Crippen LogP contribution in [0.25, 0.3) is 17.0 Å². The second-order valence-corrected chi connectivity index (χ2v) is 4.34. The van der Waals surface area contributed by atoms with Crippen molar-refractivity contribution in [3.8, 4) is 11.3 Å². The summed E-state index contributed by atoms with van der Waals surface area (Å²) in [6, 6.07) is 8.97. The van der Waals surface area contributed by atoms with Gasteiger partial charge in [-0.25, -0.2) is 9.97 Å². The van der Waals surface area contributed by atoms with E-state index in [1.54, 1.807) is 12.1 Å². The summed E-state index contributed by atoms with van der Waals surface area (Å²) in [6.07, 6.45) is 3.83. The second kappa shape index (κ2) is 4.20. The maximum atomic E-state index is 11.0. The minimum atomic E-state index is -0.432. The van der Waals surface area contributed by atoms with Crippen LogP contribution in [0.4, 0.5) is 0 Å². The predicted octanol–water partition coefficient (Wildman–Crippen LogP) is 1.80. The lowest BCUT2D eigenvalue weighted by atomic mass is 10.1. The van der Waals surface area contributed by atoms with E-state index < -0.39 is 5.91 Å². The van der Waals surface area contributed by atoms with Gasteiger partial charge in [-0.15, -0.1) is 0 Å². The van der Waals surface area contributed by atoms with Crippen molar-refractivity contribution in [3.63, 3.8) is 0 Å². The van der Waals surface area contributed by atoms with Crippen molar-refractivity contribution < 1.29 is 4.79 Å². The summed E-state index contributed by atoms with van der Waals surface area (Å²) in [5.74, 6) is 0.229. The zero-order chi connectivity index (χ0) is 13.4. The lowest BCUT2D eigenvalue weighted by molar-refractivity contribution is 0.100. The van der Waals surface area contributed by atoms with Gasteiger partial charge in [-0.3, -0.25) is 9.20 Å². The van der Waals surface area contributed by atoms with E-state index in [-0.39, 0.29) is 0 Å². The van der Waals surface area contributed by atoms with Crippen molar-refractivity contribution in [2.24, 2.45) is 5.73 Å². The zero-order valence-electron chi connectivity index (χ0n) is 10.4. The van der Waals surface area contributed by atoms with E-state index >= 15 is 0 Å². The molecule has 1 aromatic carbocycles.